The number of fused-ring (bicyclic) bond motifs is 1. The summed E-state index contributed by atoms with van der Waals surface area (Å²) in [6.07, 6.45) is 1.35. The average molecular weight is 417 g/mol. The second-order valence-electron chi connectivity index (χ2n) is 7.01. The van der Waals surface area contributed by atoms with E-state index in [1.54, 1.807) is 18.2 Å². The first kappa shape index (κ1) is 21.2. The molecule has 0 atom stereocenters. The lowest BCUT2D eigenvalue weighted by Gasteiger charge is -2.10. The normalized spacial score (nSPS) is 12.8. The average Bonchev–Trinajstić information content (AvgIpc) is 3.07. The molecule has 0 spiro atoms. The monoisotopic (exact) mass is 416 g/mol. The fourth-order valence-corrected chi connectivity index (χ4v) is 4.07. The maximum absolute atomic E-state index is 14.2. The molecule has 3 N–H and O–H groups in total. The molecule has 0 aliphatic heterocycles. The third kappa shape index (κ3) is 4.24. The molecular formula is C21H25FN4O2S. The SMILES string of the molecule is CNS(=O)(=O)c1cccc(-c2cccc3c2nc(C(C)C)n3C/C(F)=C/CN)c1. The van der Waals surface area contributed by atoms with Crippen LogP contribution in [0.5, 0.6) is 0 Å². The number of nitrogens with zero attached hydrogens (tertiary/aromatic N) is 2. The Kier molecular flexibility index (Phi) is 6.16. The van der Waals surface area contributed by atoms with Crippen LogP contribution in [-0.4, -0.2) is 31.6 Å². The summed E-state index contributed by atoms with van der Waals surface area (Å²) in [4.78, 5) is 4.96. The minimum Gasteiger partial charge on any atom is -0.327 e. The molecule has 3 rings (SSSR count). The van der Waals surface area contributed by atoms with Crippen LogP contribution in [0.2, 0.25) is 0 Å². The molecule has 1 aromatic heterocycles. The van der Waals surface area contributed by atoms with Gasteiger partial charge in [0.1, 0.15) is 11.7 Å². The standard InChI is InChI=1S/C21H25FN4O2S/c1-14(2)21-25-20-18(15-6-4-7-17(12-15)29(27,28)24-3)8-5-9-19(20)26(21)13-16(22)10-11-23/h4-10,12,14,24H,11,13,23H2,1-3H3/b16-10-. The number of para-hydroxylation sites is 1. The van der Waals surface area contributed by atoms with Gasteiger partial charge in [-0.25, -0.2) is 22.5 Å². The Morgan fingerprint density at radius 2 is 2.00 bits per heavy atom. The molecule has 0 saturated carbocycles. The lowest BCUT2D eigenvalue weighted by atomic mass is 10.0. The fraction of sp³-hybridized carbons (Fsp3) is 0.286. The van der Waals surface area contributed by atoms with E-state index in [1.165, 1.54) is 13.1 Å². The lowest BCUT2D eigenvalue weighted by Crippen LogP contribution is -2.18. The molecule has 0 amide bonds. The summed E-state index contributed by atoms with van der Waals surface area (Å²) in [6, 6.07) is 12.3. The second-order valence-corrected chi connectivity index (χ2v) is 8.89. The van der Waals surface area contributed by atoms with Crippen molar-refractivity contribution in [2.45, 2.75) is 31.2 Å². The molecule has 0 aliphatic rings. The van der Waals surface area contributed by atoms with Crippen molar-refractivity contribution in [3.8, 4) is 11.1 Å². The number of hydrogen-bond acceptors (Lipinski definition) is 4. The summed E-state index contributed by atoms with van der Waals surface area (Å²) in [5.41, 5.74) is 8.44. The van der Waals surface area contributed by atoms with Crippen molar-refractivity contribution < 1.29 is 12.8 Å². The quantitative estimate of drug-likeness (QED) is 0.616. The summed E-state index contributed by atoms with van der Waals surface area (Å²) in [6.45, 7) is 4.19. The number of benzene rings is 2. The third-order valence-electron chi connectivity index (χ3n) is 4.70. The number of nitrogens with two attached hydrogens (primary N) is 1. The molecule has 0 fully saturated rings. The Morgan fingerprint density at radius 3 is 2.66 bits per heavy atom. The number of sulfonamides is 1. The molecule has 0 radical (unpaired) electrons. The maximum atomic E-state index is 14.2. The van der Waals surface area contributed by atoms with E-state index < -0.39 is 10.0 Å². The first-order valence-electron chi connectivity index (χ1n) is 9.36. The second kappa shape index (κ2) is 8.44. The molecule has 29 heavy (non-hydrogen) atoms. The highest BCUT2D eigenvalue weighted by atomic mass is 32.2. The summed E-state index contributed by atoms with van der Waals surface area (Å²) in [5.74, 6) is 0.519. The number of nitrogens with one attached hydrogen (secondary N) is 1. The van der Waals surface area contributed by atoms with E-state index >= 15 is 0 Å². The summed E-state index contributed by atoms with van der Waals surface area (Å²) >= 11 is 0. The summed E-state index contributed by atoms with van der Waals surface area (Å²) in [5, 5.41) is 0. The third-order valence-corrected chi connectivity index (χ3v) is 6.11. The lowest BCUT2D eigenvalue weighted by molar-refractivity contribution is 0.541. The van der Waals surface area contributed by atoms with Crippen LogP contribution in [0.3, 0.4) is 0 Å². The Bertz CT molecular complexity index is 1170. The first-order chi connectivity index (χ1) is 13.8. The van der Waals surface area contributed by atoms with Crippen molar-refractivity contribution in [2.75, 3.05) is 13.6 Å². The van der Waals surface area contributed by atoms with Gasteiger partial charge in [0.15, 0.2) is 0 Å². The predicted octanol–water partition coefficient (Wildman–Crippen LogP) is 3.55. The van der Waals surface area contributed by atoms with Crippen molar-refractivity contribution in [3.63, 3.8) is 0 Å². The van der Waals surface area contributed by atoms with E-state index in [1.807, 2.05) is 42.7 Å². The van der Waals surface area contributed by atoms with Gasteiger partial charge in [0, 0.05) is 18.0 Å². The zero-order valence-corrected chi connectivity index (χ0v) is 17.5. The number of aromatic nitrogens is 2. The van der Waals surface area contributed by atoms with E-state index in [0.29, 0.717) is 5.52 Å². The van der Waals surface area contributed by atoms with Crippen LogP contribution in [0.25, 0.3) is 22.2 Å². The van der Waals surface area contributed by atoms with Crippen molar-refractivity contribution in [1.29, 1.82) is 0 Å². The van der Waals surface area contributed by atoms with Crippen LogP contribution in [0, 0.1) is 0 Å². The van der Waals surface area contributed by atoms with E-state index in [4.69, 9.17) is 10.7 Å². The Balaban J connectivity index is 2.22. The smallest absolute Gasteiger partial charge is 0.240 e. The van der Waals surface area contributed by atoms with E-state index in [-0.39, 0.29) is 29.7 Å². The van der Waals surface area contributed by atoms with Gasteiger partial charge in [0.05, 0.1) is 22.5 Å². The number of rotatable bonds is 7. The molecule has 2 aromatic carbocycles. The van der Waals surface area contributed by atoms with Gasteiger partial charge in [-0.15, -0.1) is 0 Å². The van der Waals surface area contributed by atoms with Gasteiger partial charge in [0.25, 0.3) is 0 Å². The topological polar surface area (TPSA) is 90.0 Å². The predicted molar refractivity (Wildman–Crippen MR) is 114 cm³/mol. The van der Waals surface area contributed by atoms with Gasteiger partial charge < -0.3 is 10.3 Å². The molecule has 8 heteroatoms. The number of hydrogen-bond donors (Lipinski definition) is 2. The number of imidazole rings is 1. The first-order valence-corrected chi connectivity index (χ1v) is 10.8. The van der Waals surface area contributed by atoms with Crippen LogP contribution in [0.15, 0.2) is 59.3 Å². The van der Waals surface area contributed by atoms with Crippen LogP contribution in [0.1, 0.15) is 25.6 Å². The van der Waals surface area contributed by atoms with Crippen molar-refractivity contribution in [3.05, 3.63) is 60.2 Å². The fourth-order valence-electron chi connectivity index (χ4n) is 3.30. The van der Waals surface area contributed by atoms with Gasteiger partial charge in [-0.2, -0.15) is 0 Å². The highest BCUT2D eigenvalue weighted by Gasteiger charge is 2.19. The minimum absolute atomic E-state index is 0.0544. The zero-order valence-electron chi connectivity index (χ0n) is 16.7. The molecule has 0 bridgehead atoms. The van der Waals surface area contributed by atoms with Crippen LogP contribution in [0.4, 0.5) is 4.39 Å². The van der Waals surface area contributed by atoms with Gasteiger partial charge in [-0.05, 0) is 36.9 Å². The van der Waals surface area contributed by atoms with Gasteiger partial charge >= 0.3 is 0 Å². The molecule has 6 nitrogen and oxygen atoms in total. The Morgan fingerprint density at radius 1 is 1.28 bits per heavy atom. The van der Waals surface area contributed by atoms with Gasteiger partial charge in [0.2, 0.25) is 10.0 Å². The van der Waals surface area contributed by atoms with Crippen molar-refractivity contribution in [2.24, 2.45) is 5.73 Å². The van der Waals surface area contributed by atoms with Crippen molar-refractivity contribution in [1.82, 2.24) is 14.3 Å². The molecular weight excluding hydrogens is 391 g/mol. The Hall–Kier alpha value is -2.55. The molecule has 0 aliphatic carbocycles. The number of halogens is 1. The molecule has 3 aromatic rings. The highest BCUT2D eigenvalue weighted by molar-refractivity contribution is 7.89. The van der Waals surface area contributed by atoms with E-state index in [0.717, 1.165) is 22.5 Å². The minimum atomic E-state index is -3.57. The van der Waals surface area contributed by atoms with E-state index in [9.17, 15) is 12.8 Å². The summed E-state index contributed by atoms with van der Waals surface area (Å²) in [7, 11) is -2.19. The van der Waals surface area contributed by atoms with Gasteiger partial charge in [-0.1, -0.05) is 38.1 Å². The maximum Gasteiger partial charge on any atom is 0.240 e. The number of allylic oxidation sites excluding steroid dienone is 1. The van der Waals surface area contributed by atoms with E-state index in [2.05, 4.69) is 4.72 Å². The highest BCUT2D eigenvalue weighted by Crippen LogP contribution is 2.32. The molecule has 0 saturated heterocycles. The van der Waals surface area contributed by atoms with Gasteiger partial charge in [-0.3, -0.25) is 0 Å². The van der Waals surface area contributed by atoms with Crippen LogP contribution in [-0.2, 0) is 16.6 Å². The molecule has 0 unspecified atom stereocenters. The van der Waals surface area contributed by atoms with Crippen LogP contribution < -0.4 is 10.5 Å². The largest absolute Gasteiger partial charge is 0.327 e. The van der Waals surface area contributed by atoms with Crippen LogP contribution >= 0.6 is 0 Å². The Labute approximate surface area is 170 Å². The summed E-state index contributed by atoms with van der Waals surface area (Å²) < 4.78 is 42.8. The zero-order chi connectivity index (χ0) is 21.2. The molecule has 154 valence electrons. The van der Waals surface area contributed by atoms with Crippen molar-refractivity contribution >= 4 is 21.1 Å². The molecule has 1 heterocycles.